The van der Waals surface area contributed by atoms with Gasteiger partial charge < -0.3 is 0 Å². The molecule has 0 aromatic heterocycles. The summed E-state index contributed by atoms with van der Waals surface area (Å²) < 4.78 is 0. The Balaban J connectivity index is 2.89. The highest BCUT2D eigenvalue weighted by Crippen LogP contribution is 1.86. The van der Waals surface area contributed by atoms with Crippen molar-refractivity contribution in [3.05, 3.63) is 24.3 Å². The minimum atomic E-state index is 0.646. The molecule has 8 heavy (non-hydrogen) atoms. The van der Waals surface area contributed by atoms with Gasteiger partial charge in [-0.05, 0) is 0 Å². The maximum Gasteiger partial charge on any atom is 0.268 e. The first-order valence-electron chi connectivity index (χ1n) is 2.40. The van der Waals surface area contributed by atoms with Gasteiger partial charge in [-0.15, -0.1) is 0 Å². The fraction of sp³-hybridized carbons (Fsp3) is 0. The molecule has 0 fully saturated rings. The van der Waals surface area contributed by atoms with Crippen molar-refractivity contribution in [2.45, 2.75) is 0 Å². The van der Waals surface area contributed by atoms with Gasteiger partial charge in [-0.3, -0.25) is 0 Å². The highest BCUT2D eigenvalue weighted by atomic mass is 14.5. The Bertz CT molecular complexity index is 165. The van der Waals surface area contributed by atoms with E-state index in [1.807, 2.05) is 12.2 Å². The van der Waals surface area contributed by atoms with Crippen LogP contribution in [0.25, 0.3) is 0 Å². The van der Waals surface area contributed by atoms with Crippen molar-refractivity contribution in [1.29, 1.82) is 0 Å². The van der Waals surface area contributed by atoms with Crippen molar-refractivity contribution in [3.8, 4) is 0 Å². The van der Waals surface area contributed by atoms with Gasteiger partial charge in [0.05, 0.1) is 0 Å². The lowest BCUT2D eigenvalue weighted by Crippen LogP contribution is -2.54. The van der Waals surface area contributed by atoms with Crippen LogP contribution in [0, 0.1) is 0 Å². The van der Waals surface area contributed by atoms with Crippen molar-refractivity contribution in [3.63, 3.8) is 0 Å². The summed E-state index contributed by atoms with van der Waals surface area (Å²) in [7, 11) is 0. The number of allylic oxidation sites excluding steroid dienone is 4. The van der Waals surface area contributed by atoms with Gasteiger partial charge in [0.1, 0.15) is 0 Å². The van der Waals surface area contributed by atoms with Crippen molar-refractivity contribution >= 4 is 11.4 Å². The molecule has 0 radical (unpaired) electrons. The Labute approximate surface area is 47.5 Å². The number of hydrogen-bond acceptors (Lipinski definition) is 0. The summed E-state index contributed by atoms with van der Waals surface area (Å²) >= 11 is 0. The van der Waals surface area contributed by atoms with E-state index in [-0.39, 0.29) is 0 Å². The number of nitrogens with two attached hydrogens (primary N) is 2. The third kappa shape index (κ3) is 0.729. The number of hydrogen-bond donors (Lipinski definition) is 2. The molecule has 40 valence electrons. The third-order valence-electron chi connectivity index (χ3n) is 0.996. The van der Waals surface area contributed by atoms with Crippen LogP contribution in [-0.2, 0) is 0 Å². The molecule has 0 unspecified atom stereocenters. The van der Waals surface area contributed by atoms with Crippen LogP contribution in [-0.4, -0.2) is 11.4 Å². The summed E-state index contributed by atoms with van der Waals surface area (Å²) in [6, 6.07) is 0. The van der Waals surface area contributed by atoms with E-state index in [9.17, 15) is 0 Å². The van der Waals surface area contributed by atoms with Gasteiger partial charge in [-0.1, -0.05) is 12.2 Å². The van der Waals surface area contributed by atoms with E-state index in [2.05, 4.69) is 0 Å². The molecule has 0 aliphatic heterocycles. The number of rotatable bonds is 0. The summed E-state index contributed by atoms with van der Waals surface area (Å²) in [6.07, 6.45) is 7.25. The first-order chi connectivity index (χ1) is 3.80. The second-order valence-corrected chi connectivity index (χ2v) is 1.63. The molecule has 0 amide bonds. The molecule has 0 spiro atoms. The SMILES string of the molecule is [NH2+]=C1C=CC=CC1=[NH2+]. The Morgan fingerprint density at radius 1 is 0.875 bits per heavy atom. The molecule has 0 heterocycles. The molecular weight excluding hydrogens is 100 g/mol. The van der Waals surface area contributed by atoms with E-state index in [1.54, 1.807) is 12.2 Å². The second kappa shape index (κ2) is 1.74. The van der Waals surface area contributed by atoms with E-state index >= 15 is 0 Å². The molecule has 0 saturated heterocycles. The first-order valence-corrected chi connectivity index (χ1v) is 2.40. The fourth-order valence-corrected chi connectivity index (χ4v) is 0.511. The van der Waals surface area contributed by atoms with Gasteiger partial charge in [0.25, 0.3) is 11.4 Å². The Hall–Kier alpha value is -1.18. The van der Waals surface area contributed by atoms with Crippen molar-refractivity contribution in [2.75, 3.05) is 0 Å². The third-order valence-corrected chi connectivity index (χ3v) is 0.996. The van der Waals surface area contributed by atoms with Gasteiger partial charge in [-0.25, -0.2) is 10.8 Å². The second-order valence-electron chi connectivity index (χ2n) is 1.63. The van der Waals surface area contributed by atoms with E-state index in [0.29, 0.717) is 11.4 Å². The smallest absolute Gasteiger partial charge is 0.249 e. The summed E-state index contributed by atoms with van der Waals surface area (Å²) in [5.41, 5.74) is 1.29. The highest BCUT2D eigenvalue weighted by molar-refractivity contribution is 6.46. The summed E-state index contributed by atoms with van der Waals surface area (Å²) in [4.78, 5) is 0. The molecule has 0 aromatic carbocycles. The minimum Gasteiger partial charge on any atom is -0.249 e. The normalized spacial score (nSPS) is 17.5. The monoisotopic (exact) mass is 108 g/mol. The zero-order valence-electron chi connectivity index (χ0n) is 4.46. The van der Waals surface area contributed by atoms with Crippen LogP contribution in [0.3, 0.4) is 0 Å². The van der Waals surface area contributed by atoms with Crippen LogP contribution < -0.4 is 10.8 Å². The topological polar surface area (TPSA) is 51.2 Å². The van der Waals surface area contributed by atoms with E-state index in [0.717, 1.165) is 0 Å². The summed E-state index contributed by atoms with van der Waals surface area (Å²) in [5.74, 6) is 0. The zero-order valence-corrected chi connectivity index (χ0v) is 4.46. The molecule has 0 saturated carbocycles. The standard InChI is InChI=1S/C6H6N2/c7-5-3-1-2-4-6(5)8/h1-4,7-8H/p+2. The minimum absolute atomic E-state index is 0.646. The molecule has 1 aliphatic rings. The quantitative estimate of drug-likeness (QED) is 0.323. The van der Waals surface area contributed by atoms with Crippen molar-refractivity contribution < 1.29 is 10.8 Å². The Morgan fingerprint density at radius 2 is 1.25 bits per heavy atom. The molecule has 0 atom stereocenters. The largest absolute Gasteiger partial charge is 0.268 e. The summed E-state index contributed by atoms with van der Waals surface area (Å²) in [5, 5.41) is 10.8. The van der Waals surface area contributed by atoms with Gasteiger partial charge in [-0.2, -0.15) is 0 Å². The van der Waals surface area contributed by atoms with Crippen LogP contribution >= 0.6 is 0 Å². The van der Waals surface area contributed by atoms with Crippen molar-refractivity contribution in [1.82, 2.24) is 0 Å². The Kier molecular flexibility index (Phi) is 1.08. The average molecular weight is 108 g/mol. The molecule has 0 aromatic rings. The van der Waals surface area contributed by atoms with E-state index < -0.39 is 0 Å². The Morgan fingerprint density at radius 3 is 1.50 bits per heavy atom. The van der Waals surface area contributed by atoms with Crippen LogP contribution in [0.1, 0.15) is 0 Å². The van der Waals surface area contributed by atoms with Crippen LogP contribution in [0.4, 0.5) is 0 Å². The molecule has 2 heteroatoms. The fourth-order valence-electron chi connectivity index (χ4n) is 0.511. The molecule has 2 nitrogen and oxygen atoms in total. The lowest BCUT2D eigenvalue weighted by Gasteiger charge is -1.85. The van der Waals surface area contributed by atoms with Gasteiger partial charge in [0, 0.05) is 12.2 Å². The molecule has 1 rings (SSSR count). The van der Waals surface area contributed by atoms with Crippen LogP contribution in [0.5, 0.6) is 0 Å². The lowest BCUT2D eigenvalue weighted by atomic mass is 10.1. The molecule has 1 aliphatic carbocycles. The van der Waals surface area contributed by atoms with E-state index in [4.69, 9.17) is 10.8 Å². The maximum absolute atomic E-state index is 5.39. The predicted molar refractivity (Wildman–Crippen MR) is 32.1 cm³/mol. The van der Waals surface area contributed by atoms with Gasteiger partial charge in [0.15, 0.2) is 0 Å². The lowest BCUT2D eigenvalue weighted by molar-refractivity contribution is -0.131. The van der Waals surface area contributed by atoms with Gasteiger partial charge in [0.2, 0.25) is 0 Å². The molecular formula is C6H8N2+2. The average Bonchev–Trinajstić information content (AvgIpc) is 1.77. The van der Waals surface area contributed by atoms with E-state index in [1.165, 1.54) is 0 Å². The van der Waals surface area contributed by atoms with Crippen LogP contribution in [0.2, 0.25) is 0 Å². The molecule has 4 N–H and O–H groups in total. The highest BCUT2D eigenvalue weighted by Gasteiger charge is 2.09. The maximum atomic E-state index is 5.39. The zero-order chi connectivity index (χ0) is 5.98. The summed E-state index contributed by atoms with van der Waals surface area (Å²) in [6.45, 7) is 0. The van der Waals surface area contributed by atoms with Gasteiger partial charge >= 0.3 is 0 Å². The predicted octanol–water partition coefficient (Wildman–Crippen LogP) is -2.49. The first kappa shape index (κ1) is 4.97. The molecule has 0 bridgehead atoms. The van der Waals surface area contributed by atoms with Crippen molar-refractivity contribution in [2.24, 2.45) is 0 Å². The van der Waals surface area contributed by atoms with Crippen LogP contribution in [0.15, 0.2) is 24.3 Å².